The van der Waals surface area contributed by atoms with E-state index in [4.69, 9.17) is 15.2 Å². The van der Waals surface area contributed by atoms with E-state index in [-0.39, 0.29) is 29.8 Å². The molecule has 0 aromatic carbocycles. The number of carbonyl (C=O) groups excluding carboxylic acids is 2. The van der Waals surface area contributed by atoms with Crippen LogP contribution in [0.2, 0.25) is 0 Å². The number of ether oxygens (including phenoxy) is 2. The number of hydrogen-bond acceptors (Lipinski definition) is 19. The topological polar surface area (TPSA) is 297 Å². The summed E-state index contributed by atoms with van der Waals surface area (Å²) in [7, 11) is 0. The summed E-state index contributed by atoms with van der Waals surface area (Å²) < 4.78 is 16.0. The highest BCUT2D eigenvalue weighted by Gasteiger charge is 2.29. The van der Waals surface area contributed by atoms with Gasteiger partial charge >= 0.3 is 12.2 Å². The van der Waals surface area contributed by atoms with Crippen LogP contribution in [-0.2, 0) is 9.47 Å². The predicted molar refractivity (Wildman–Crippen MR) is 305 cm³/mol. The molecule has 2 amide bonds. The third kappa shape index (κ3) is 15.6. The lowest BCUT2D eigenvalue weighted by atomic mass is 9.95. The highest BCUT2D eigenvalue weighted by atomic mass is 16.6. The minimum atomic E-state index is -0.498. The number of nitrogens with one attached hydrogen (secondary N) is 3. The van der Waals surface area contributed by atoms with Gasteiger partial charge in [-0.3, -0.25) is 19.7 Å². The first-order chi connectivity index (χ1) is 39.0. The smallest absolute Gasteiger partial charge is 0.410 e. The lowest BCUT2D eigenvalue weighted by Crippen LogP contribution is -2.47. The number of carbonyl (C=O) groups is 2. The second-order valence-corrected chi connectivity index (χ2v) is 21.9. The molecule has 11 heterocycles. The first kappa shape index (κ1) is 56.7. The van der Waals surface area contributed by atoms with Gasteiger partial charge in [-0.1, -0.05) is 19.3 Å². The summed E-state index contributed by atoms with van der Waals surface area (Å²) >= 11 is 0. The number of hydrogen-bond donors (Lipinski definition) is 4. The molecule has 0 radical (unpaired) electrons. The number of piperidine rings is 2. The van der Waals surface area contributed by atoms with Gasteiger partial charge in [0.25, 0.3) is 5.56 Å². The van der Waals surface area contributed by atoms with Crippen LogP contribution in [0.25, 0.3) is 50.7 Å². The zero-order valence-electron chi connectivity index (χ0n) is 46.6. The molecular weight excluding hydrogens is 1030 g/mol. The van der Waals surface area contributed by atoms with E-state index >= 15 is 0 Å². The zero-order chi connectivity index (χ0) is 56.9. The highest BCUT2D eigenvalue weighted by Crippen LogP contribution is 2.26. The van der Waals surface area contributed by atoms with Gasteiger partial charge in [0.15, 0.2) is 11.6 Å². The molecule has 1 aliphatic carbocycles. The molecule has 9 aromatic heterocycles. The van der Waals surface area contributed by atoms with Crippen LogP contribution in [0.4, 0.5) is 21.2 Å². The summed E-state index contributed by atoms with van der Waals surface area (Å²) in [6.45, 7) is 13.9. The number of likely N-dealkylation sites (tertiary alicyclic amines) is 2. The highest BCUT2D eigenvalue weighted by molar-refractivity contribution is 5.77. The van der Waals surface area contributed by atoms with Crippen molar-refractivity contribution in [2.45, 2.75) is 129 Å². The Morgan fingerprint density at radius 3 is 1.52 bits per heavy atom. The van der Waals surface area contributed by atoms with Crippen LogP contribution in [0.3, 0.4) is 0 Å². The number of H-pyrrole nitrogens is 1. The summed E-state index contributed by atoms with van der Waals surface area (Å²) in [5, 5.41) is 19.7. The maximum atomic E-state index is 12.4. The molecule has 12 rings (SSSR count). The zero-order valence-corrected chi connectivity index (χ0v) is 46.6. The maximum absolute atomic E-state index is 12.4. The van der Waals surface area contributed by atoms with Gasteiger partial charge in [0, 0.05) is 106 Å². The molecule has 2 atom stereocenters. The van der Waals surface area contributed by atoms with Crippen LogP contribution < -0.4 is 21.9 Å². The fourth-order valence-corrected chi connectivity index (χ4v) is 9.43. The number of aromatic nitrogens is 15. The Labute approximate surface area is 468 Å². The first-order valence-corrected chi connectivity index (χ1v) is 27.3. The van der Waals surface area contributed by atoms with Gasteiger partial charge in [-0.2, -0.15) is 15.3 Å². The average Bonchev–Trinajstić information content (AvgIpc) is 4.23. The van der Waals surface area contributed by atoms with Crippen molar-refractivity contribution < 1.29 is 19.1 Å². The van der Waals surface area contributed by atoms with Crippen LogP contribution in [0.15, 0.2) is 116 Å². The van der Waals surface area contributed by atoms with E-state index in [0.29, 0.717) is 49.0 Å². The molecule has 424 valence electrons. The van der Waals surface area contributed by atoms with Gasteiger partial charge in [-0.05, 0) is 92.2 Å². The van der Waals surface area contributed by atoms with Crippen LogP contribution in [-0.4, -0.2) is 151 Å². The van der Waals surface area contributed by atoms with Crippen molar-refractivity contribution in [3.8, 4) is 34.2 Å². The Morgan fingerprint density at radius 1 is 0.556 bits per heavy atom. The predicted octanol–water partition coefficient (Wildman–Crippen LogP) is 7.75. The van der Waals surface area contributed by atoms with Crippen LogP contribution >= 0.6 is 0 Å². The minimum absolute atomic E-state index is 0.101. The fraction of sp³-hybridized carbons (Fsp3) is 0.429. The SMILES string of the molecule is CC(C)(C)OC(=O)N1CCC[C@@H](N)C1.CC(C)(C)OC(=O)N1CCC[C@@H](Nc2ccnc(-c3cnn4ccncc34)n2)C1.O=c1ccnc(-c2cnn3ccncc23)[nH]1.c1cn2ncc(-c3nccc(NC4CCCCC4)n3)c2cn1. The molecular formula is C56H70N20O5. The van der Waals surface area contributed by atoms with Gasteiger partial charge in [0.2, 0.25) is 0 Å². The molecule has 5 N–H and O–H groups in total. The maximum Gasteiger partial charge on any atom is 0.410 e. The van der Waals surface area contributed by atoms with Crippen LogP contribution in [0.5, 0.6) is 0 Å². The van der Waals surface area contributed by atoms with E-state index in [2.05, 4.69) is 70.8 Å². The van der Waals surface area contributed by atoms with Gasteiger partial charge < -0.3 is 40.6 Å². The Balaban J connectivity index is 0.000000136. The Kier molecular flexibility index (Phi) is 18.1. The van der Waals surface area contributed by atoms with E-state index < -0.39 is 11.2 Å². The summed E-state index contributed by atoms with van der Waals surface area (Å²) in [4.78, 5) is 75.8. The summed E-state index contributed by atoms with van der Waals surface area (Å²) in [5.74, 6) is 3.37. The van der Waals surface area contributed by atoms with E-state index in [9.17, 15) is 14.4 Å². The molecule has 2 saturated heterocycles. The van der Waals surface area contributed by atoms with Crippen molar-refractivity contribution in [3.05, 3.63) is 122 Å². The third-order valence-electron chi connectivity index (χ3n) is 13.2. The van der Waals surface area contributed by atoms with Crippen LogP contribution in [0, 0.1) is 0 Å². The largest absolute Gasteiger partial charge is 0.444 e. The summed E-state index contributed by atoms with van der Waals surface area (Å²) in [6, 6.07) is 5.87. The van der Waals surface area contributed by atoms with E-state index in [0.717, 1.165) is 71.3 Å². The van der Waals surface area contributed by atoms with E-state index in [1.165, 1.54) is 44.4 Å². The molecule has 25 heteroatoms. The summed E-state index contributed by atoms with van der Waals surface area (Å²) in [5.41, 5.74) is 9.72. The van der Waals surface area contributed by atoms with Gasteiger partial charge in [0.1, 0.15) is 28.7 Å². The third-order valence-corrected chi connectivity index (χ3v) is 13.2. The number of anilines is 2. The number of aromatic amines is 1. The number of fused-ring (bicyclic) bond motifs is 3. The molecule has 3 fully saturated rings. The van der Waals surface area contributed by atoms with Crippen molar-refractivity contribution in [1.82, 2.24) is 83.5 Å². The monoisotopic (exact) mass is 1100 g/mol. The molecule has 2 aliphatic heterocycles. The lowest BCUT2D eigenvalue weighted by Gasteiger charge is -2.34. The Morgan fingerprint density at radius 2 is 1.01 bits per heavy atom. The van der Waals surface area contributed by atoms with Crippen molar-refractivity contribution in [2.24, 2.45) is 5.73 Å². The Hall–Kier alpha value is -9.00. The molecule has 0 unspecified atom stereocenters. The van der Waals surface area contributed by atoms with Gasteiger partial charge in [-0.25, -0.2) is 48.1 Å². The van der Waals surface area contributed by atoms with Crippen LogP contribution in [0.1, 0.15) is 99.3 Å². The number of nitrogens with zero attached hydrogens (tertiary/aromatic N) is 16. The molecule has 81 heavy (non-hydrogen) atoms. The van der Waals surface area contributed by atoms with E-state index in [1.807, 2.05) is 59.9 Å². The average molecular weight is 1100 g/mol. The van der Waals surface area contributed by atoms with Crippen molar-refractivity contribution in [3.63, 3.8) is 0 Å². The summed E-state index contributed by atoms with van der Waals surface area (Å²) in [6.07, 6.45) is 35.5. The number of rotatable bonds is 7. The minimum Gasteiger partial charge on any atom is -0.444 e. The van der Waals surface area contributed by atoms with Crippen molar-refractivity contribution >= 4 is 40.4 Å². The Bertz CT molecular complexity index is 3580. The van der Waals surface area contributed by atoms with Gasteiger partial charge in [0.05, 0.1) is 70.4 Å². The quantitative estimate of drug-likeness (QED) is 0.119. The second kappa shape index (κ2) is 25.9. The first-order valence-electron chi connectivity index (χ1n) is 27.3. The molecule has 0 bridgehead atoms. The number of nitrogens with two attached hydrogens (primary N) is 1. The molecule has 9 aromatic rings. The van der Waals surface area contributed by atoms with Gasteiger partial charge in [-0.15, -0.1) is 0 Å². The lowest BCUT2D eigenvalue weighted by molar-refractivity contribution is 0.0193. The van der Waals surface area contributed by atoms with E-state index in [1.54, 1.807) is 104 Å². The van der Waals surface area contributed by atoms with Crippen molar-refractivity contribution in [1.29, 1.82) is 0 Å². The fourth-order valence-electron chi connectivity index (χ4n) is 9.43. The van der Waals surface area contributed by atoms with Crippen molar-refractivity contribution in [2.75, 3.05) is 36.8 Å². The molecule has 25 nitrogen and oxygen atoms in total. The number of amides is 2. The normalized spacial score (nSPS) is 16.7. The molecule has 0 spiro atoms. The second-order valence-electron chi connectivity index (χ2n) is 21.9. The molecule has 1 saturated carbocycles. The standard InChI is InChI=1S/C20H25N7O2.C16H18N6.C10H7N5O.C10H20N2O2/c1-20(2,3)29-19(28)26-9-4-5-14(13-26)24-17-6-7-22-18(25-17)15-11-23-27-10-8-21-12-16(15)27;1-2-4-12(5-3-1)20-15-6-7-18-16(21-15)13-10-19-22-9-8-17-11-14(13)22;16-9-1-2-12-10(14-9)7-5-13-15-4-3-11-6-8(7)15;1-10(2,3)14-9(13)12-6-4-5-8(11)7-12/h6-8,10-12,14H,4-5,9,13H2,1-3H3,(H,22,24,25);6-12H,1-5H2,(H,18,20,21);1-6H,(H,12,14,16);8H,4-7,11H2,1-3H3/t14-;;;8-/m1..1/s1. The molecule has 3 aliphatic rings.